The highest BCUT2D eigenvalue weighted by atomic mass is 35.5. The van der Waals surface area contributed by atoms with Crippen LogP contribution in [0.3, 0.4) is 0 Å². The Bertz CT molecular complexity index is 973. The lowest BCUT2D eigenvalue weighted by Gasteiger charge is -2.32. The normalized spacial score (nSPS) is 19.8. The molecule has 7 nitrogen and oxygen atoms in total. The Labute approximate surface area is 190 Å². The fourth-order valence-corrected chi connectivity index (χ4v) is 4.94. The maximum absolute atomic E-state index is 12.3. The first-order chi connectivity index (χ1) is 14.7. The van der Waals surface area contributed by atoms with E-state index in [0.717, 1.165) is 29.2 Å². The predicted octanol–water partition coefficient (Wildman–Crippen LogP) is 5.23. The summed E-state index contributed by atoms with van der Waals surface area (Å²) in [6.07, 6.45) is 2.82. The van der Waals surface area contributed by atoms with Gasteiger partial charge in [0.1, 0.15) is 17.5 Å². The average molecular weight is 464 g/mol. The molecule has 1 amide bonds. The van der Waals surface area contributed by atoms with E-state index in [4.69, 9.17) is 26.2 Å². The van der Waals surface area contributed by atoms with E-state index in [1.54, 1.807) is 34.4 Å². The fourth-order valence-electron chi connectivity index (χ4n) is 3.67. The van der Waals surface area contributed by atoms with Crippen molar-refractivity contribution >= 4 is 34.7 Å². The number of phenolic OH excluding ortho intramolecular Hbond substituents is 1. The van der Waals surface area contributed by atoms with Crippen LogP contribution < -0.4 is 5.48 Å². The number of thiazole rings is 1. The number of carbonyl (C=O) groups excluding carboxylic acids is 1. The van der Waals surface area contributed by atoms with Gasteiger partial charge in [-0.15, -0.1) is 11.3 Å². The number of nitrogens with zero attached hydrogens (tertiary/aromatic N) is 2. The number of hydroxylamine groups is 1. The highest BCUT2D eigenvalue weighted by Gasteiger charge is 2.30. The largest absolute Gasteiger partial charge is 0.508 e. The van der Waals surface area contributed by atoms with Crippen molar-refractivity contribution in [1.82, 2.24) is 15.4 Å². The van der Waals surface area contributed by atoms with Crippen LogP contribution >= 0.6 is 22.9 Å². The predicted molar refractivity (Wildman–Crippen MR) is 120 cm³/mol. The minimum absolute atomic E-state index is 0.0903. The number of piperidine rings is 1. The number of ether oxygens (including phenoxy) is 1. The first-order valence-electron chi connectivity index (χ1n) is 10.3. The maximum atomic E-state index is 12.3. The molecule has 0 radical (unpaired) electrons. The minimum atomic E-state index is -0.495. The quantitative estimate of drug-likeness (QED) is 0.648. The van der Waals surface area contributed by atoms with Gasteiger partial charge in [0.25, 0.3) is 0 Å². The van der Waals surface area contributed by atoms with Crippen molar-refractivity contribution < 1.29 is 19.5 Å². The molecule has 1 aromatic heterocycles. The molecular formula is C22H26ClN3O4S. The minimum Gasteiger partial charge on any atom is -0.508 e. The summed E-state index contributed by atoms with van der Waals surface area (Å²) >= 11 is 7.84. The molecule has 2 aliphatic heterocycles. The number of aromatic nitrogens is 1. The Balaban J connectivity index is 1.40. The van der Waals surface area contributed by atoms with Gasteiger partial charge in [0.2, 0.25) is 0 Å². The molecule has 1 unspecified atom stereocenters. The molecule has 0 bridgehead atoms. The molecule has 1 saturated heterocycles. The number of benzene rings is 1. The van der Waals surface area contributed by atoms with Gasteiger partial charge in [-0.1, -0.05) is 17.7 Å². The Morgan fingerprint density at radius 3 is 2.77 bits per heavy atom. The first-order valence-corrected chi connectivity index (χ1v) is 11.5. The van der Waals surface area contributed by atoms with Gasteiger partial charge in [0, 0.05) is 30.0 Å². The second-order valence-corrected chi connectivity index (χ2v) is 10.0. The summed E-state index contributed by atoms with van der Waals surface area (Å²) in [4.78, 5) is 24.5. The lowest BCUT2D eigenvalue weighted by atomic mass is 9.98. The number of halogens is 1. The summed E-state index contributed by atoms with van der Waals surface area (Å²) in [6.45, 7) is 6.95. The molecule has 0 aliphatic carbocycles. The van der Waals surface area contributed by atoms with Gasteiger partial charge in [-0.3, -0.25) is 10.3 Å². The topological polar surface area (TPSA) is 83.9 Å². The van der Waals surface area contributed by atoms with Gasteiger partial charge in [-0.2, -0.15) is 0 Å². The average Bonchev–Trinajstić information content (AvgIpc) is 3.36. The fraction of sp³-hybridized carbons (Fsp3) is 0.455. The molecular weight excluding hydrogens is 438 g/mol. The zero-order chi connectivity index (χ0) is 22.2. The number of rotatable bonds is 3. The molecule has 3 heterocycles. The van der Waals surface area contributed by atoms with Crippen LogP contribution in [0, 0.1) is 0 Å². The number of likely N-dealkylation sites (tertiary alicyclic amines) is 1. The second-order valence-electron chi connectivity index (χ2n) is 8.71. The van der Waals surface area contributed by atoms with Crippen molar-refractivity contribution in [1.29, 1.82) is 0 Å². The molecule has 166 valence electrons. The van der Waals surface area contributed by atoms with Crippen molar-refractivity contribution in [3.8, 4) is 5.75 Å². The standard InChI is InChI=1S/C22H26ClN3O4S/c1-22(2,3)29-21(28)26-9-7-13(8-10-26)20-24-16(12-31-20)15-11-18(30-25-15)19-14(23)5-4-6-17(19)27/h4-6,11-13,18,25,27H,7-10H2,1-3H3. The first kappa shape index (κ1) is 21.9. The van der Waals surface area contributed by atoms with Crippen molar-refractivity contribution in [2.45, 2.75) is 51.2 Å². The van der Waals surface area contributed by atoms with Crippen molar-refractivity contribution in [2.24, 2.45) is 0 Å². The van der Waals surface area contributed by atoms with Gasteiger partial charge in [-0.05, 0) is 51.8 Å². The van der Waals surface area contributed by atoms with E-state index < -0.39 is 11.7 Å². The van der Waals surface area contributed by atoms with Gasteiger partial charge in [0.15, 0.2) is 0 Å². The summed E-state index contributed by atoms with van der Waals surface area (Å²) < 4.78 is 5.47. The number of carbonyl (C=O) groups is 1. The molecule has 1 aromatic carbocycles. The third-order valence-electron chi connectivity index (χ3n) is 5.22. The van der Waals surface area contributed by atoms with Gasteiger partial charge in [0.05, 0.1) is 21.4 Å². The molecule has 2 N–H and O–H groups in total. The van der Waals surface area contributed by atoms with E-state index in [2.05, 4.69) is 5.48 Å². The van der Waals surface area contributed by atoms with Crippen LogP contribution in [0.15, 0.2) is 29.7 Å². The van der Waals surface area contributed by atoms with E-state index in [0.29, 0.717) is 29.6 Å². The molecule has 9 heteroatoms. The zero-order valence-electron chi connectivity index (χ0n) is 17.7. The summed E-state index contributed by atoms with van der Waals surface area (Å²) in [7, 11) is 0. The molecule has 1 atom stereocenters. The number of phenols is 1. The molecule has 2 aromatic rings. The van der Waals surface area contributed by atoms with Gasteiger partial charge >= 0.3 is 6.09 Å². The summed E-state index contributed by atoms with van der Waals surface area (Å²) in [5, 5.41) is 13.6. The van der Waals surface area contributed by atoms with Crippen LogP contribution in [0.2, 0.25) is 5.02 Å². The van der Waals surface area contributed by atoms with Crippen molar-refractivity contribution in [2.75, 3.05) is 13.1 Å². The Hall–Kier alpha value is -2.29. The number of aromatic hydroxyl groups is 1. The lowest BCUT2D eigenvalue weighted by Crippen LogP contribution is -2.41. The molecule has 0 spiro atoms. The third kappa shape index (κ3) is 4.97. The summed E-state index contributed by atoms with van der Waals surface area (Å²) in [5.74, 6) is 0.399. The van der Waals surface area contributed by atoms with E-state index in [9.17, 15) is 9.90 Å². The molecule has 0 saturated carbocycles. The number of hydrogen-bond acceptors (Lipinski definition) is 7. The Morgan fingerprint density at radius 2 is 2.10 bits per heavy atom. The SMILES string of the molecule is CC(C)(C)OC(=O)N1CCC(c2nc(C3=CC(c4c(O)cccc4Cl)ON3)cs2)CC1. The number of hydrogen-bond donors (Lipinski definition) is 2. The molecule has 1 fully saturated rings. The lowest BCUT2D eigenvalue weighted by molar-refractivity contribution is 0.0204. The van der Waals surface area contributed by atoms with Crippen LogP contribution in [-0.4, -0.2) is 39.8 Å². The van der Waals surface area contributed by atoms with Crippen LogP contribution in [0.4, 0.5) is 4.79 Å². The van der Waals surface area contributed by atoms with Crippen LogP contribution in [0.1, 0.15) is 61.9 Å². The highest BCUT2D eigenvalue weighted by molar-refractivity contribution is 7.09. The maximum Gasteiger partial charge on any atom is 0.410 e. The molecule has 31 heavy (non-hydrogen) atoms. The smallest absolute Gasteiger partial charge is 0.410 e. The van der Waals surface area contributed by atoms with Gasteiger partial charge in [-0.25, -0.2) is 9.78 Å². The van der Waals surface area contributed by atoms with E-state index in [1.165, 1.54) is 0 Å². The second kappa shape index (κ2) is 8.68. The monoisotopic (exact) mass is 463 g/mol. The summed E-state index contributed by atoms with van der Waals surface area (Å²) in [5.41, 5.74) is 4.48. The zero-order valence-corrected chi connectivity index (χ0v) is 19.3. The molecule has 4 rings (SSSR count). The Kier molecular flexibility index (Phi) is 6.14. The van der Waals surface area contributed by atoms with E-state index in [1.807, 2.05) is 32.2 Å². The van der Waals surface area contributed by atoms with Crippen LogP contribution in [0.5, 0.6) is 5.75 Å². The molecule has 2 aliphatic rings. The number of amides is 1. The number of nitrogens with one attached hydrogen (secondary N) is 1. The Morgan fingerprint density at radius 1 is 1.35 bits per heavy atom. The highest BCUT2D eigenvalue weighted by Crippen LogP contribution is 2.38. The van der Waals surface area contributed by atoms with E-state index in [-0.39, 0.29) is 11.8 Å². The van der Waals surface area contributed by atoms with Crippen LogP contribution in [0.25, 0.3) is 5.70 Å². The third-order valence-corrected chi connectivity index (χ3v) is 6.56. The van der Waals surface area contributed by atoms with Crippen molar-refractivity contribution in [3.05, 3.63) is 50.9 Å². The van der Waals surface area contributed by atoms with Crippen molar-refractivity contribution in [3.63, 3.8) is 0 Å². The summed E-state index contributed by atoms with van der Waals surface area (Å²) in [6, 6.07) is 4.99. The van der Waals surface area contributed by atoms with E-state index >= 15 is 0 Å². The van der Waals surface area contributed by atoms with Gasteiger partial charge < -0.3 is 14.7 Å². The van der Waals surface area contributed by atoms with Crippen LogP contribution in [-0.2, 0) is 9.57 Å².